The van der Waals surface area contributed by atoms with Gasteiger partial charge in [0.25, 0.3) is 0 Å². The number of hydrogen-bond acceptors (Lipinski definition) is 4. The van der Waals surface area contributed by atoms with E-state index in [1.54, 1.807) is 6.92 Å². The molecule has 0 unspecified atom stereocenters. The summed E-state index contributed by atoms with van der Waals surface area (Å²) in [7, 11) is 0. The Hall–Kier alpha value is -2.37. The first-order valence-electron chi connectivity index (χ1n) is 6.06. The lowest BCUT2D eigenvalue weighted by Crippen LogP contribution is -2.23. The van der Waals surface area contributed by atoms with Crippen LogP contribution in [0, 0.1) is 13.8 Å². The molecule has 6 heteroatoms. The lowest BCUT2D eigenvalue weighted by Gasteiger charge is -2.05. The number of rotatable bonds is 4. The second-order valence-corrected chi connectivity index (χ2v) is 4.24. The summed E-state index contributed by atoms with van der Waals surface area (Å²) >= 11 is 0. The van der Waals surface area contributed by atoms with Crippen molar-refractivity contribution in [3.63, 3.8) is 0 Å². The third-order valence-corrected chi connectivity index (χ3v) is 2.50. The predicted molar refractivity (Wildman–Crippen MR) is 74.0 cm³/mol. The van der Waals surface area contributed by atoms with E-state index in [0.717, 1.165) is 5.69 Å². The summed E-state index contributed by atoms with van der Waals surface area (Å²) in [5, 5.41) is 6.73. The van der Waals surface area contributed by atoms with E-state index in [2.05, 4.69) is 20.4 Å². The van der Waals surface area contributed by atoms with Gasteiger partial charge in [0.15, 0.2) is 11.8 Å². The van der Waals surface area contributed by atoms with E-state index in [1.165, 1.54) is 5.56 Å². The van der Waals surface area contributed by atoms with Crippen LogP contribution in [0.25, 0.3) is 0 Å². The highest BCUT2D eigenvalue weighted by Crippen LogP contribution is 2.07. The third kappa shape index (κ3) is 4.09. The molecule has 2 rings (SSSR count). The number of aryl methyl sites for hydroxylation is 2. The van der Waals surface area contributed by atoms with Gasteiger partial charge in [-0.1, -0.05) is 22.9 Å². The van der Waals surface area contributed by atoms with Crippen LogP contribution < -0.4 is 11.1 Å². The minimum absolute atomic E-state index is 0.375. The average molecular weight is 259 g/mol. The van der Waals surface area contributed by atoms with Crippen molar-refractivity contribution in [3.8, 4) is 0 Å². The van der Waals surface area contributed by atoms with Crippen molar-refractivity contribution in [2.75, 3.05) is 11.9 Å². The molecule has 0 saturated carbocycles. The topological polar surface area (TPSA) is 89.3 Å². The molecule has 1 aromatic heterocycles. The molecule has 100 valence electrons. The number of anilines is 1. The molecule has 0 spiro atoms. The Morgan fingerprint density at radius 3 is 2.68 bits per heavy atom. The molecule has 0 fully saturated rings. The van der Waals surface area contributed by atoms with E-state index in [0.29, 0.717) is 30.6 Å². The number of nitrogens with one attached hydrogen (secondary N) is 1. The smallest absolute Gasteiger partial charge is 0.228 e. The van der Waals surface area contributed by atoms with Gasteiger partial charge in [0.1, 0.15) is 0 Å². The minimum Gasteiger partial charge on any atom is -0.370 e. The van der Waals surface area contributed by atoms with Gasteiger partial charge in [-0.2, -0.15) is 4.98 Å². The summed E-state index contributed by atoms with van der Waals surface area (Å²) in [5.74, 6) is 1.58. The summed E-state index contributed by atoms with van der Waals surface area (Å²) in [6, 6.07) is 7.94. The number of guanidine groups is 1. The van der Waals surface area contributed by atoms with Gasteiger partial charge in [-0.15, -0.1) is 0 Å². The van der Waals surface area contributed by atoms with Crippen LogP contribution in [0.2, 0.25) is 0 Å². The molecule has 2 aromatic rings. The van der Waals surface area contributed by atoms with Crippen LogP contribution in [0.15, 0.2) is 33.8 Å². The van der Waals surface area contributed by atoms with Gasteiger partial charge < -0.3 is 15.6 Å². The Morgan fingerprint density at radius 2 is 2.05 bits per heavy atom. The number of benzene rings is 1. The quantitative estimate of drug-likeness (QED) is 0.643. The van der Waals surface area contributed by atoms with Gasteiger partial charge in [-0.25, -0.2) is 0 Å². The molecular weight excluding hydrogens is 242 g/mol. The number of nitrogens with zero attached hydrogens (tertiary/aromatic N) is 3. The maximum Gasteiger partial charge on any atom is 0.228 e. The minimum atomic E-state index is 0.375. The second-order valence-electron chi connectivity index (χ2n) is 4.24. The molecule has 0 saturated heterocycles. The van der Waals surface area contributed by atoms with Crippen molar-refractivity contribution >= 4 is 11.6 Å². The first kappa shape index (κ1) is 13.1. The monoisotopic (exact) mass is 259 g/mol. The Labute approximate surface area is 111 Å². The van der Waals surface area contributed by atoms with Crippen LogP contribution in [-0.4, -0.2) is 22.6 Å². The molecule has 3 N–H and O–H groups in total. The number of aromatic nitrogens is 2. The van der Waals surface area contributed by atoms with Crippen LogP contribution in [0.3, 0.4) is 0 Å². The Morgan fingerprint density at radius 1 is 1.32 bits per heavy atom. The molecule has 0 amide bonds. The number of nitrogens with two attached hydrogens (primary N) is 1. The largest absolute Gasteiger partial charge is 0.370 e. The lowest BCUT2D eigenvalue weighted by molar-refractivity contribution is 0.376. The fraction of sp³-hybridized carbons (Fsp3) is 0.308. The molecule has 0 bridgehead atoms. The Balaban J connectivity index is 1.84. The summed E-state index contributed by atoms with van der Waals surface area (Å²) in [5.41, 5.74) is 7.90. The number of hydrogen-bond donors (Lipinski definition) is 2. The lowest BCUT2D eigenvalue weighted by atomic mass is 10.2. The first-order chi connectivity index (χ1) is 9.13. The maximum atomic E-state index is 5.79. The van der Waals surface area contributed by atoms with Crippen LogP contribution >= 0.6 is 0 Å². The highest BCUT2D eigenvalue weighted by Gasteiger charge is 2.01. The summed E-state index contributed by atoms with van der Waals surface area (Å²) < 4.78 is 4.99. The van der Waals surface area contributed by atoms with Gasteiger partial charge >= 0.3 is 0 Å². The SMILES string of the molecule is Cc1ccc(NC(N)=NCCc2nc(C)no2)cc1. The second kappa shape index (κ2) is 5.99. The summed E-state index contributed by atoms with van der Waals surface area (Å²) in [6.07, 6.45) is 0.580. The van der Waals surface area contributed by atoms with Crippen molar-refractivity contribution in [1.29, 1.82) is 0 Å². The van der Waals surface area contributed by atoms with E-state index < -0.39 is 0 Å². The zero-order chi connectivity index (χ0) is 13.7. The van der Waals surface area contributed by atoms with Crippen LogP contribution in [-0.2, 0) is 6.42 Å². The summed E-state index contributed by atoms with van der Waals surface area (Å²) in [4.78, 5) is 8.29. The molecule has 19 heavy (non-hydrogen) atoms. The van der Waals surface area contributed by atoms with E-state index >= 15 is 0 Å². The highest BCUT2D eigenvalue weighted by atomic mass is 16.5. The predicted octanol–water partition coefficient (Wildman–Crippen LogP) is 1.66. The molecular formula is C13H17N5O. The van der Waals surface area contributed by atoms with Gasteiger partial charge in [0.2, 0.25) is 5.89 Å². The molecule has 0 aliphatic rings. The fourth-order valence-corrected chi connectivity index (χ4v) is 1.54. The third-order valence-electron chi connectivity index (χ3n) is 2.50. The molecule has 0 radical (unpaired) electrons. The Kier molecular flexibility index (Phi) is 4.12. The van der Waals surface area contributed by atoms with Crippen LogP contribution in [0.4, 0.5) is 5.69 Å². The highest BCUT2D eigenvalue weighted by molar-refractivity contribution is 5.92. The normalized spacial score (nSPS) is 11.6. The maximum absolute atomic E-state index is 5.79. The van der Waals surface area contributed by atoms with Crippen molar-refractivity contribution in [2.45, 2.75) is 20.3 Å². The Bertz CT molecular complexity index is 559. The van der Waals surface area contributed by atoms with E-state index in [1.807, 2.05) is 31.2 Å². The molecule has 1 heterocycles. The first-order valence-corrected chi connectivity index (χ1v) is 6.06. The van der Waals surface area contributed by atoms with Crippen molar-refractivity contribution in [1.82, 2.24) is 10.1 Å². The average Bonchev–Trinajstić information content (AvgIpc) is 2.78. The number of aliphatic imine (C=N–C) groups is 1. The molecule has 0 aliphatic carbocycles. The van der Waals surface area contributed by atoms with Crippen LogP contribution in [0.1, 0.15) is 17.3 Å². The van der Waals surface area contributed by atoms with Gasteiger partial charge in [0, 0.05) is 12.1 Å². The molecule has 0 aliphatic heterocycles. The van der Waals surface area contributed by atoms with E-state index in [9.17, 15) is 0 Å². The fourth-order valence-electron chi connectivity index (χ4n) is 1.54. The van der Waals surface area contributed by atoms with Crippen molar-refractivity contribution in [2.24, 2.45) is 10.7 Å². The van der Waals surface area contributed by atoms with Crippen molar-refractivity contribution < 1.29 is 4.52 Å². The zero-order valence-corrected chi connectivity index (χ0v) is 11.1. The van der Waals surface area contributed by atoms with Crippen LogP contribution in [0.5, 0.6) is 0 Å². The molecule has 1 aromatic carbocycles. The van der Waals surface area contributed by atoms with Crippen molar-refractivity contribution in [3.05, 3.63) is 41.5 Å². The van der Waals surface area contributed by atoms with Gasteiger partial charge in [0.05, 0.1) is 6.54 Å². The standard InChI is InChI=1S/C13H17N5O/c1-9-3-5-11(6-4-9)17-13(14)15-8-7-12-16-10(2)18-19-12/h3-6H,7-8H2,1-2H3,(H3,14,15,17). The van der Waals surface area contributed by atoms with E-state index in [4.69, 9.17) is 10.3 Å². The van der Waals surface area contributed by atoms with Gasteiger partial charge in [-0.05, 0) is 26.0 Å². The molecule has 0 atom stereocenters. The molecule has 6 nitrogen and oxygen atoms in total. The van der Waals surface area contributed by atoms with E-state index in [-0.39, 0.29) is 0 Å². The zero-order valence-electron chi connectivity index (χ0n) is 11.1. The summed E-state index contributed by atoms with van der Waals surface area (Å²) in [6.45, 7) is 4.32. The van der Waals surface area contributed by atoms with Gasteiger partial charge in [-0.3, -0.25) is 4.99 Å².